The van der Waals surface area contributed by atoms with Gasteiger partial charge in [0, 0.05) is 49.9 Å². The first kappa shape index (κ1) is 47.4. The fourth-order valence-corrected chi connectivity index (χ4v) is 6.26. The number of anilines is 10. The van der Waals surface area contributed by atoms with Gasteiger partial charge in [0.05, 0.1) is 48.3 Å². The van der Waals surface area contributed by atoms with Crippen LogP contribution >= 0.6 is 0 Å². The number of benzene rings is 2. The van der Waals surface area contributed by atoms with Gasteiger partial charge in [0.15, 0.2) is 5.82 Å². The zero-order valence-corrected chi connectivity index (χ0v) is 36.2. The van der Waals surface area contributed by atoms with Crippen LogP contribution in [0.15, 0.2) is 86.0 Å². The largest absolute Gasteiger partial charge is 0.481 e. The maximum Gasteiger partial charge on any atom is 0.421 e. The lowest BCUT2D eigenvalue weighted by atomic mass is 10.1. The standard InChI is InChI=1S/C44H42F6N12O4/c1-8-35(63)56-33-16-24(3)10-12-34(33)62(40-28(44(48,49)50)22-54-42(61-40)59-31-18-38(66-7)52-20-26(31)5)14-13-36(64)55-32-15-23(2)9-11-29(32)57-39-27(43(45,46)47)21-53-41(60-39)58-30-17-37(65-6)51-19-25(30)4/h8-12,15-22H,1,13-14H2,2-7H3,(H,55,64)(H,56,63)(H,52,54,59,61)(H2,51,53,57,58,60). The summed E-state index contributed by atoms with van der Waals surface area (Å²) in [4.78, 5) is 52.1. The van der Waals surface area contributed by atoms with Crippen LogP contribution in [0.2, 0.25) is 0 Å². The number of aromatic nitrogens is 6. The molecule has 0 fully saturated rings. The minimum Gasteiger partial charge on any atom is -0.481 e. The number of rotatable bonds is 16. The zero-order valence-electron chi connectivity index (χ0n) is 36.2. The highest BCUT2D eigenvalue weighted by atomic mass is 19.4. The van der Waals surface area contributed by atoms with Gasteiger partial charge in [0.25, 0.3) is 0 Å². The van der Waals surface area contributed by atoms with Gasteiger partial charge in [-0.25, -0.2) is 19.9 Å². The molecule has 0 aliphatic rings. The number of hydrogen-bond acceptors (Lipinski definition) is 14. The molecule has 0 spiro atoms. The Balaban J connectivity index is 1.36. The Morgan fingerprint density at radius 2 is 1.20 bits per heavy atom. The molecule has 5 N–H and O–H groups in total. The van der Waals surface area contributed by atoms with Gasteiger partial charge < -0.3 is 41.0 Å². The van der Waals surface area contributed by atoms with Gasteiger partial charge in [-0.2, -0.15) is 36.3 Å². The van der Waals surface area contributed by atoms with Crippen molar-refractivity contribution in [3.05, 3.63) is 119 Å². The molecule has 0 unspecified atom stereocenters. The van der Waals surface area contributed by atoms with Crippen LogP contribution in [0.4, 0.5) is 84.0 Å². The molecule has 6 aromatic rings. The number of carbonyl (C=O) groups excluding carboxylic acids is 2. The number of alkyl halides is 6. The van der Waals surface area contributed by atoms with Crippen molar-refractivity contribution in [1.82, 2.24) is 29.9 Å². The smallest absolute Gasteiger partial charge is 0.421 e. The maximum absolute atomic E-state index is 14.9. The van der Waals surface area contributed by atoms with Gasteiger partial charge >= 0.3 is 12.4 Å². The molecule has 0 atom stereocenters. The lowest BCUT2D eigenvalue weighted by molar-refractivity contribution is -0.138. The third kappa shape index (κ3) is 11.6. The molecular formula is C44H42F6N12O4. The summed E-state index contributed by atoms with van der Waals surface area (Å²) in [7, 11) is 2.79. The first-order valence-electron chi connectivity index (χ1n) is 19.7. The van der Waals surface area contributed by atoms with Gasteiger partial charge in [-0.15, -0.1) is 0 Å². The van der Waals surface area contributed by atoms with Crippen molar-refractivity contribution < 1.29 is 45.4 Å². The first-order chi connectivity index (χ1) is 31.3. The number of amides is 2. The highest BCUT2D eigenvalue weighted by Crippen LogP contribution is 2.42. The van der Waals surface area contributed by atoms with E-state index in [-0.39, 0.29) is 46.4 Å². The van der Waals surface area contributed by atoms with E-state index in [2.05, 4.69) is 63.1 Å². The zero-order chi connectivity index (χ0) is 47.9. The molecule has 66 heavy (non-hydrogen) atoms. The molecule has 0 aliphatic heterocycles. The summed E-state index contributed by atoms with van der Waals surface area (Å²) in [5.74, 6) is -2.82. The van der Waals surface area contributed by atoms with E-state index in [9.17, 15) is 35.9 Å². The second-order valence-electron chi connectivity index (χ2n) is 14.6. The molecule has 0 saturated heterocycles. The number of ether oxygens (including phenoxy) is 2. The van der Waals surface area contributed by atoms with Gasteiger partial charge in [-0.1, -0.05) is 18.7 Å². The fourth-order valence-electron chi connectivity index (χ4n) is 6.26. The molecule has 2 aromatic carbocycles. The molecule has 0 bridgehead atoms. The molecule has 4 heterocycles. The van der Waals surface area contributed by atoms with Crippen molar-refractivity contribution in [2.45, 2.75) is 46.5 Å². The summed E-state index contributed by atoms with van der Waals surface area (Å²) in [6.45, 7) is 9.77. The minimum absolute atomic E-state index is 0.00964. The fraction of sp³-hybridized carbons (Fsp3) is 0.227. The third-order valence-corrected chi connectivity index (χ3v) is 9.64. The number of pyridine rings is 2. The Morgan fingerprint density at radius 1 is 0.652 bits per heavy atom. The quantitative estimate of drug-likeness (QED) is 0.0455. The van der Waals surface area contributed by atoms with Gasteiger partial charge in [0.2, 0.25) is 35.5 Å². The number of nitrogens with zero attached hydrogens (tertiary/aromatic N) is 7. The summed E-state index contributed by atoms with van der Waals surface area (Å²) in [6.07, 6.45) is -5.32. The Labute approximate surface area is 374 Å². The van der Waals surface area contributed by atoms with Crippen molar-refractivity contribution in [2.24, 2.45) is 0 Å². The van der Waals surface area contributed by atoms with Crippen LogP contribution in [0.3, 0.4) is 0 Å². The number of aryl methyl sites for hydroxylation is 4. The van der Waals surface area contributed by atoms with Gasteiger partial charge in [-0.3, -0.25) is 9.59 Å². The van der Waals surface area contributed by atoms with Crippen molar-refractivity contribution >= 4 is 69.5 Å². The Bertz CT molecular complexity index is 2790. The van der Waals surface area contributed by atoms with E-state index < -0.39 is 59.9 Å². The summed E-state index contributed by atoms with van der Waals surface area (Å²) in [5, 5.41) is 13.7. The average molecular weight is 917 g/mol. The van der Waals surface area contributed by atoms with Crippen LogP contribution < -0.4 is 41.0 Å². The van der Waals surface area contributed by atoms with Crippen molar-refractivity contribution in [1.29, 1.82) is 0 Å². The molecule has 0 radical (unpaired) electrons. The highest BCUT2D eigenvalue weighted by molar-refractivity contribution is 6.02. The Kier molecular flexibility index (Phi) is 14.2. The summed E-state index contributed by atoms with van der Waals surface area (Å²) in [5.41, 5.74) is 0.806. The van der Waals surface area contributed by atoms with E-state index in [1.54, 1.807) is 39.8 Å². The normalized spacial score (nSPS) is 11.3. The molecule has 2 amide bonds. The number of nitrogens with one attached hydrogen (secondary N) is 5. The lowest BCUT2D eigenvalue weighted by Crippen LogP contribution is -2.28. The van der Waals surface area contributed by atoms with E-state index in [4.69, 9.17) is 9.47 Å². The molecule has 6 rings (SSSR count). The minimum atomic E-state index is -5.02. The summed E-state index contributed by atoms with van der Waals surface area (Å²) >= 11 is 0. The number of hydrogen-bond donors (Lipinski definition) is 5. The van der Waals surface area contributed by atoms with Crippen LogP contribution in [-0.2, 0) is 21.9 Å². The Hall–Kier alpha value is -8.04. The molecule has 16 nitrogen and oxygen atoms in total. The van der Waals surface area contributed by atoms with E-state index in [1.807, 2.05) is 0 Å². The maximum atomic E-state index is 14.9. The van der Waals surface area contributed by atoms with E-state index in [0.29, 0.717) is 46.0 Å². The second kappa shape index (κ2) is 19.8. The number of halogens is 6. The van der Waals surface area contributed by atoms with E-state index >= 15 is 0 Å². The van der Waals surface area contributed by atoms with Crippen molar-refractivity contribution in [3.63, 3.8) is 0 Å². The monoisotopic (exact) mass is 916 g/mol. The van der Waals surface area contributed by atoms with Crippen LogP contribution in [0.1, 0.15) is 39.8 Å². The Morgan fingerprint density at radius 3 is 1.76 bits per heavy atom. The topological polar surface area (TPSA) is 193 Å². The molecule has 4 aromatic heterocycles. The molecule has 344 valence electrons. The van der Waals surface area contributed by atoms with E-state index in [0.717, 1.165) is 11.0 Å². The van der Waals surface area contributed by atoms with E-state index in [1.165, 1.54) is 63.0 Å². The number of methoxy groups -OCH3 is 2. The predicted octanol–water partition coefficient (Wildman–Crippen LogP) is 9.87. The molecular weight excluding hydrogens is 875 g/mol. The average Bonchev–Trinajstić information content (AvgIpc) is 3.26. The van der Waals surface area contributed by atoms with Crippen molar-refractivity contribution in [3.8, 4) is 11.8 Å². The van der Waals surface area contributed by atoms with Crippen LogP contribution in [-0.4, -0.2) is 62.5 Å². The van der Waals surface area contributed by atoms with Gasteiger partial charge in [0.1, 0.15) is 16.9 Å². The van der Waals surface area contributed by atoms with Crippen molar-refractivity contribution in [2.75, 3.05) is 52.2 Å². The summed E-state index contributed by atoms with van der Waals surface area (Å²) in [6, 6.07) is 12.1. The first-order valence-corrected chi connectivity index (χ1v) is 19.7. The lowest BCUT2D eigenvalue weighted by Gasteiger charge is -2.29. The molecule has 0 saturated carbocycles. The summed E-state index contributed by atoms with van der Waals surface area (Å²) < 4.78 is 98.2. The van der Waals surface area contributed by atoms with Gasteiger partial charge in [-0.05, 0) is 80.3 Å². The van der Waals surface area contributed by atoms with Crippen LogP contribution in [0.5, 0.6) is 11.8 Å². The molecule has 22 heteroatoms. The third-order valence-electron chi connectivity index (χ3n) is 9.64. The molecule has 0 aliphatic carbocycles. The SMILES string of the molecule is C=CC(=O)Nc1cc(C)ccc1N(CCC(=O)Nc1cc(C)ccc1Nc1nc(Nc2cc(OC)ncc2C)ncc1C(F)(F)F)c1nc(Nc2cc(OC)ncc2C)ncc1C(F)(F)F. The highest BCUT2D eigenvalue weighted by Gasteiger charge is 2.38. The van der Waals surface area contributed by atoms with Crippen LogP contribution in [0, 0.1) is 27.7 Å². The number of carbonyl (C=O) groups is 2. The predicted molar refractivity (Wildman–Crippen MR) is 236 cm³/mol. The second-order valence-corrected chi connectivity index (χ2v) is 14.6. The van der Waals surface area contributed by atoms with Crippen LogP contribution in [0.25, 0.3) is 0 Å².